The van der Waals surface area contributed by atoms with Crippen LogP contribution in [-0.4, -0.2) is 24.1 Å². The highest BCUT2D eigenvalue weighted by atomic mass is 19.3. The Hall–Kier alpha value is -1.76. The lowest BCUT2D eigenvalue weighted by Crippen LogP contribution is -2.28. The van der Waals surface area contributed by atoms with Crippen molar-refractivity contribution in [3.63, 3.8) is 0 Å². The van der Waals surface area contributed by atoms with Crippen LogP contribution < -0.4 is 10.6 Å². The van der Waals surface area contributed by atoms with Crippen LogP contribution in [0.1, 0.15) is 18.9 Å². The van der Waals surface area contributed by atoms with E-state index in [1.807, 2.05) is 6.92 Å². The van der Waals surface area contributed by atoms with Gasteiger partial charge in [0, 0.05) is 42.5 Å². The van der Waals surface area contributed by atoms with Gasteiger partial charge in [0.25, 0.3) is 12.1 Å². The average Bonchev–Trinajstić information content (AvgIpc) is 2.68. The van der Waals surface area contributed by atoms with E-state index in [2.05, 4.69) is 0 Å². The maximum atomic E-state index is 13.0. The molecule has 1 heterocycles. The number of halogens is 2. The fourth-order valence-electron chi connectivity index (χ4n) is 2.31. The zero-order valence-electron chi connectivity index (χ0n) is 10.4. The van der Waals surface area contributed by atoms with Gasteiger partial charge in [0.2, 0.25) is 0 Å². The Labute approximate surface area is 109 Å². The summed E-state index contributed by atoms with van der Waals surface area (Å²) < 4.78 is 26.1. The number of anilines is 1. The number of hydrogen-bond donors (Lipinski definition) is 1. The summed E-state index contributed by atoms with van der Waals surface area (Å²) in [4.78, 5) is 11.7. The van der Waals surface area contributed by atoms with Crippen LogP contribution in [0.15, 0.2) is 18.2 Å². The second-order valence-corrected chi connectivity index (χ2v) is 4.85. The van der Waals surface area contributed by atoms with Gasteiger partial charge in [0.1, 0.15) is 0 Å². The second-order valence-electron chi connectivity index (χ2n) is 4.85. The van der Waals surface area contributed by atoms with Gasteiger partial charge in [0.05, 0.1) is 4.92 Å². The largest absolute Gasteiger partial charge is 0.369 e. The van der Waals surface area contributed by atoms with Gasteiger partial charge in [-0.15, -0.1) is 0 Å². The smallest absolute Gasteiger partial charge is 0.270 e. The van der Waals surface area contributed by atoms with Crippen molar-refractivity contribution in [3.8, 4) is 0 Å². The minimum atomic E-state index is -2.75. The van der Waals surface area contributed by atoms with E-state index >= 15 is 0 Å². The van der Waals surface area contributed by atoms with E-state index in [1.54, 1.807) is 4.90 Å². The summed E-state index contributed by atoms with van der Waals surface area (Å²) in [6, 6.07) is 3.50. The molecule has 2 unspecified atom stereocenters. The first kappa shape index (κ1) is 13.7. The standard InChI is InChI=1S/C12H15F2N3O2/c1-7-5-16(6-10(7)15)11-3-2-8(17(18)19)4-9(11)12(13)14/h2-4,7,10,12H,5-6,15H2,1H3. The van der Waals surface area contributed by atoms with Gasteiger partial charge in [-0.1, -0.05) is 6.92 Å². The monoisotopic (exact) mass is 271 g/mol. The lowest BCUT2D eigenvalue weighted by Gasteiger charge is -2.21. The Balaban J connectivity index is 2.37. The molecule has 0 amide bonds. The van der Waals surface area contributed by atoms with Crippen LogP contribution in [0.25, 0.3) is 0 Å². The van der Waals surface area contributed by atoms with E-state index in [4.69, 9.17) is 5.73 Å². The van der Waals surface area contributed by atoms with Gasteiger partial charge in [-0.25, -0.2) is 8.78 Å². The molecule has 1 saturated heterocycles. The number of nitro benzene ring substituents is 1. The molecule has 1 aliphatic heterocycles. The highest BCUT2D eigenvalue weighted by molar-refractivity contribution is 5.59. The van der Waals surface area contributed by atoms with Crippen LogP contribution >= 0.6 is 0 Å². The molecule has 1 fully saturated rings. The van der Waals surface area contributed by atoms with Gasteiger partial charge in [-0.3, -0.25) is 10.1 Å². The Morgan fingerprint density at radius 3 is 2.63 bits per heavy atom. The van der Waals surface area contributed by atoms with E-state index < -0.39 is 11.3 Å². The molecule has 1 aliphatic rings. The van der Waals surface area contributed by atoms with Crippen molar-refractivity contribution in [2.24, 2.45) is 11.7 Å². The molecule has 1 aromatic rings. The molecule has 0 spiro atoms. The van der Waals surface area contributed by atoms with Crippen molar-refractivity contribution >= 4 is 11.4 Å². The maximum Gasteiger partial charge on any atom is 0.270 e. The summed E-state index contributed by atoms with van der Waals surface area (Å²) >= 11 is 0. The van der Waals surface area contributed by atoms with Crippen molar-refractivity contribution in [3.05, 3.63) is 33.9 Å². The predicted octanol–water partition coefficient (Wildman–Crippen LogP) is 2.32. The Morgan fingerprint density at radius 1 is 1.47 bits per heavy atom. The fourth-order valence-corrected chi connectivity index (χ4v) is 2.31. The summed E-state index contributed by atoms with van der Waals surface area (Å²) in [7, 11) is 0. The third-order valence-electron chi connectivity index (χ3n) is 3.47. The van der Waals surface area contributed by atoms with Crippen molar-refractivity contribution in [2.75, 3.05) is 18.0 Å². The topological polar surface area (TPSA) is 72.4 Å². The molecule has 0 bridgehead atoms. The third-order valence-corrected chi connectivity index (χ3v) is 3.47. The molecule has 5 nitrogen and oxygen atoms in total. The van der Waals surface area contributed by atoms with Crippen molar-refractivity contribution in [1.29, 1.82) is 0 Å². The lowest BCUT2D eigenvalue weighted by atomic mass is 10.1. The first-order valence-corrected chi connectivity index (χ1v) is 5.97. The zero-order chi connectivity index (χ0) is 14.2. The molecule has 19 heavy (non-hydrogen) atoms. The number of benzene rings is 1. The number of hydrogen-bond acceptors (Lipinski definition) is 4. The SMILES string of the molecule is CC1CN(c2ccc([N+](=O)[O-])cc2C(F)F)CC1N. The molecular formula is C12H15F2N3O2. The Morgan fingerprint density at radius 2 is 2.16 bits per heavy atom. The number of rotatable bonds is 3. The highest BCUT2D eigenvalue weighted by Crippen LogP contribution is 2.35. The predicted molar refractivity (Wildman–Crippen MR) is 67.4 cm³/mol. The molecule has 1 aromatic carbocycles. The van der Waals surface area contributed by atoms with Crippen LogP contribution in [0.4, 0.5) is 20.2 Å². The average molecular weight is 271 g/mol. The first-order valence-electron chi connectivity index (χ1n) is 5.97. The van der Waals surface area contributed by atoms with Gasteiger partial charge >= 0.3 is 0 Å². The molecule has 2 atom stereocenters. The number of nitro groups is 1. The Kier molecular flexibility index (Phi) is 3.66. The summed E-state index contributed by atoms with van der Waals surface area (Å²) in [6.07, 6.45) is -2.75. The van der Waals surface area contributed by atoms with Crippen LogP contribution in [0, 0.1) is 16.0 Å². The summed E-state index contributed by atoms with van der Waals surface area (Å²) in [5.41, 5.74) is 5.57. The normalized spacial score (nSPS) is 23.1. The molecule has 104 valence electrons. The van der Waals surface area contributed by atoms with E-state index in [9.17, 15) is 18.9 Å². The van der Waals surface area contributed by atoms with Crippen molar-refractivity contribution in [1.82, 2.24) is 0 Å². The first-order chi connectivity index (χ1) is 8.90. The minimum Gasteiger partial charge on any atom is -0.369 e. The molecule has 0 radical (unpaired) electrons. The molecule has 0 saturated carbocycles. The van der Waals surface area contributed by atoms with E-state index in [0.29, 0.717) is 18.8 Å². The van der Waals surface area contributed by atoms with Crippen molar-refractivity contribution in [2.45, 2.75) is 19.4 Å². The van der Waals surface area contributed by atoms with Gasteiger partial charge < -0.3 is 10.6 Å². The number of alkyl halides is 2. The molecule has 0 aliphatic carbocycles. The molecule has 7 heteroatoms. The van der Waals surface area contributed by atoms with Crippen LogP contribution in [-0.2, 0) is 0 Å². The van der Waals surface area contributed by atoms with Crippen LogP contribution in [0.3, 0.4) is 0 Å². The molecular weight excluding hydrogens is 256 g/mol. The second kappa shape index (κ2) is 5.08. The number of nitrogens with zero attached hydrogens (tertiary/aromatic N) is 2. The van der Waals surface area contributed by atoms with Gasteiger partial charge in [-0.05, 0) is 12.0 Å². The Bertz CT molecular complexity index is 486. The van der Waals surface area contributed by atoms with E-state index in [1.165, 1.54) is 12.1 Å². The van der Waals surface area contributed by atoms with Crippen LogP contribution in [0.5, 0.6) is 0 Å². The molecule has 2 N–H and O–H groups in total. The summed E-state index contributed by atoms with van der Waals surface area (Å²) in [5.74, 6) is 0.209. The maximum absolute atomic E-state index is 13.0. The minimum absolute atomic E-state index is 0.0688. The molecule has 0 aromatic heterocycles. The molecule has 2 rings (SSSR count). The summed E-state index contributed by atoms with van der Waals surface area (Å²) in [5, 5.41) is 10.6. The zero-order valence-corrected chi connectivity index (χ0v) is 10.4. The lowest BCUT2D eigenvalue weighted by molar-refractivity contribution is -0.385. The van der Waals surface area contributed by atoms with E-state index in [-0.39, 0.29) is 23.2 Å². The van der Waals surface area contributed by atoms with E-state index in [0.717, 1.165) is 6.07 Å². The fraction of sp³-hybridized carbons (Fsp3) is 0.500. The quantitative estimate of drug-likeness (QED) is 0.676. The number of non-ortho nitro benzene ring substituents is 1. The van der Waals surface area contributed by atoms with Crippen molar-refractivity contribution < 1.29 is 13.7 Å². The van der Waals surface area contributed by atoms with Gasteiger partial charge in [0.15, 0.2) is 0 Å². The highest BCUT2D eigenvalue weighted by Gasteiger charge is 2.30. The summed E-state index contributed by atoms with van der Waals surface area (Å²) in [6.45, 7) is 3.02. The number of nitrogens with two attached hydrogens (primary N) is 1. The van der Waals surface area contributed by atoms with Gasteiger partial charge in [-0.2, -0.15) is 0 Å². The van der Waals surface area contributed by atoms with Crippen LogP contribution in [0.2, 0.25) is 0 Å². The third kappa shape index (κ3) is 2.65.